The first-order valence-electron chi connectivity index (χ1n) is 7.46. The van der Waals surface area contributed by atoms with E-state index in [-0.39, 0.29) is 5.91 Å². The number of ether oxygens (including phenoxy) is 1. The Kier molecular flexibility index (Phi) is 5.94. The third-order valence-electron chi connectivity index (χ3n) is 3.94. The van der Waals surface area contributed by atoms with Crippen LogP contribution >= 0.6 is 0 Å². The minimum Gasteiger partial charge on any atom is -0.378 e. The SMILES string of the molecule is O=C(CCC1CCCN1)NCCC1CCCCO1. The number of hydrogen-bond donors (Lipinski definition) is 2. The van der Waals surface area contributed by atoms with E-state index in [0.717, 1.165) is 39.0 Å². The number of amides is 1. The zero-order chi connectivity index (χ0) is 12.6. The highest BCUT2D eigenvalue weighted by Crippen LogP contribution is 2.15. The molecule has 0 saturated carbocycles. The lowest BCUT2D eigenvalue weighted by molar-refractivity contribution is -0.121. The van der Waals surface area contributed by atoms with Gasteiger partial charge in [0.1, 0.15) is 0 Å². The molecule has 4 heteroatoms. The Bertz CT molecular complexity index is 246. The van der Waals surface area contributed by atoms with Crippen LogP contribution in [0.4, 0.5) is 0 Å². The minimum atomic E-state index is 0.194. The molecule has 0 radical (unpaired) electrons. The maximum Gasteiger partial charge on any atom is 0.220 e. The molecule has 104 valence electrons. The second-order valence-electron chi connectivity index (χ2n) is 5.46. The van der Waals surface area contributed by atoms with Gasteiger partial charge in [0.2, 0.25) is 5.91 Å². The lowest BCUT2D eigenvalue weighted by atomic mass is 10.1. The quantitative estimate of drug-likeness (QED) is 0.757. The van der Waals surface area contributed by atoms with Gasteiger partial charge in [-0.25, -0.2) is 0 Å². The van der Waals surface area contributed by atoms with Gasteiger partial charge in [-0.2, -0.15) is 0 Å². The van der Waals surface area contributed by atoms with E-state index in [4.69, 9.17) is 4.74 Å². The van der Waals surface area contributed by atoms with Crippen LogP contribution < -0.4 is 10.6 Å². The predicted molar refractivity (Wildman–Crippen MR) is 71.5 cm³/mol. The lowest BCUT2D eigenvalue weighted by Gasteiger charge is -2.22. The van der Waals surface area contributed by atoms with Crippen LogP contribution in [0.15, 0.2) is 0 Å². The molecule has 2 aliphatic rings. The van der Waals surface area contributed by atoms with Crippen molar-refractivity contribution in [2.24, 2.45) is 0 Å². The first kappa shape index (κ1) is 13.8. The molecule has 2 aliphatic heterocycles. The fourth-order valence-corrected chi connectivity index (χ4v) is 2.80. The predicted octanol–water partition coefficient (Wildman–Crippen LogP) is 1.59. The van der Waals surface area contributed by atoms with Crippen LogP contribution in [0, 0.1) is 0 Å². The number of rotatable bonds is 6. The van der Waals surface area contributed by atoms with Gasteiger partial charge in [-0.15, -0.1) is 0 Å². The molecule has 0 bridgehead atoms. The molecule has 2 fully saturated rings. The summed E-state index contributed by atoms with van der Waals surface area (Å²) in [4.78, 5) is 11.7. The molecular weight excluding hydrogens is 228 g/mol. The molecule has 2 saturated heterocycles. The number of carbonyl (C=O) groups is 1. The Morgan fingerprint density at radius 1 is 1.22 bits per heavy atom. The van der Waals surface area contributed by atoms with Crippen LogP contribution in [0.3, 0.4) is 0 Å². The van der Waals surface area contributed by atoms with Crippen LogP contribution in [-0.4, -0.2) is 37.7 Å². The third kappa shape index (κ3) is 4.94. The van der Waals surface area contributed by atoms with Gasteiger partial charge in [0, 0.05) is 25.6 Å². The molecule has 0 aliphatic carbocycles. The second kappa shape index (κ2) is 7.74. The number of hydrogen-bond acceptors (Lipinski definition) is 3. The van der Waals surface area contributed by atoms with Crippen molar-refractivity contribution in [2.75, 3.05) is 19.7 Å². The summed E-state index contributed by atoms with van der Waals surface area (Å²) < 4.78 is 5.64. The van der Waals surface area contributed by atoms with Crippen molar-refractivity contribution < 1.29 is 9.53 Å². The van der Waals surface area contributed by atoms with Crippen molar-refractivity contribution in [2.45, 2.75) is 63.5 Å². The average molecular weight is 254 g/mol. The Balaban J connectivity index is 1.48. The van der Waals surface area contributed by atoms with Crippen molar-refractivity contribution in [3.63, 3.8) is 0 Å². The molecule has 18 heavy (non-hydrogen) atoms. The van der Waals surface area contributed by atoms with Crippen molar-refractivity contribution in [3.8, 4) is 0 Å². The van der Waals surface area contributed by atoms with Crippen LogP contribution in [0.1, 0.15) is 51.4 Å². The molecule has 0 aromatic carbocycles. The van der Waals surface area contributed by atoms with Crippen molar-refractivity contribution in [3.05, 3.63) is 0 Å². The van der Waals surface area contributed by atoms with Crippen molar-refractivity contribution >= 4 is 5.91 Å². The summed E-state index contributed by atoms with van der Waals surface area (Å²) in [6.45, 7) is 2.78. The van der Waals surface area contributed by atoms with E-state index in [1.165, 1.54) is 25.7 Å². The molecule has 2 heterocycles. The lowest BCUT2D eigenvalue weighted by Crippen LogP contribution is -2.30. The Hall–Kier alpha value is -0.610. The first-order valence-corrected chi connectivity index (χ1v) is 7.46. The Morgan fingerprint density at radius 2 is 2.17 bits per heavy atom. The topological polar surface area (TPSA) is 50.4 Å². The summed E-state index contributed by atoms with van der Waals surface area (Å²) >= 11 is 0. The fraction of sp³-hybridized carbons (Fsp3) is 0.929. The highest BCUT2D eigenvalue weighted by molar-refractivity contribution is 5.75. The van der Waals surface area contributed by atoms with Gasteiger partial charge in [0.15, 0.2) is 0 Å². The summed E-state index contributed by atoms with van der Waals surface area (Å²) in [6, 6.07) is 0.567. The standard InChI is InChI=1S/C14H26N2O2/c17-14(7-6-12-4-3-9-15-12)16-10-8-13-5-1-2-11-18-13/h12-13,15H,1-11H2,(H,16,17). The molecule has 0 aromatic rings. The second-order valence-corrected chi connectivity index (χ2v) is 5.46. The van der Waals surface area contributed by atoms with E-state index in [9.17, 15) is 4.79 Å². The molecule has 2 atom stereocenters. The first-order chi connectivity index (χ1) is 8.84. The van der Waals surface area contributed by atoms with E-state index in [2.05, 4.69) is 10.6 Å². The smallest absolute Gasteiger partial charge is 0.220 e. The van der Waals surface area contributed by atoms with E-state index >= 15 is 0 Å². The average Bonchev–Trinajstić information content (AvgIpc) is 2.91. The van der Waals surface area contributed by atoms with Gasteiger partial charge in [0.05, 0.1) is 6.10 Å². The molecule has 1 amide bonds. The van der Waals surface area contributed by atoms with Crippen LogP contribution in [0.25, 0.3) is 0 Å². The largest absolute Gasteiger partial charge is 0.378 e. The van der Waals surface area contributed by atoms with Gasteiger partial charge in [-0.1, -0.05) is 0 Å². The Labute approximate surface area is 110 Å². The van der Waals surface area contributed by atoms with Crippen LogP contribution in [0.5, 0.6) is 0 Å². The summed E-state index contributed by atoms with van der Waals surface area (Å²) in [6.07, 6.45) is 9.07. The minimum absolute atomic E-state index is 0.194. The summed E-state index contributed by atoms with van der Waals surface area (Å²) in [5, 5.41) is 6.43. The molecule has 4 nitrogen and oxygen atoms in total. The summed E-state index contributed by atoms with van der Waals surface area (Å²) in [5.74, 6) is 0.194. The highest BCUT2D eigenvalue weighted by Gasteiger charge is 2.16. The summed E-state index contributed by atoms with van der Waals surface area (Å²) in [7, 11) is 0. The number of carbonyl (C=O) groups excluding carboxylic acids is 1. The molecule has 2 unspecified atom stereocenters. The zero-order valence-electron chi connectivity index (χ0n) is 11.2. The monoisotopic (exact) mass is 254 g/mol. The van der Waals surface area contributed by atoms with E-state index in [0.29, 0.717) is 18.6 Å². The molecule has 0 aromatic heterocycles. The maximum absolute atomic E-state index is 11.7. The van der Waals surface area contributed by atoms with Gasteiger partial charge in [-0.05, 0) is 51.5 Å². The van der Waals surface area contributed by atoms with E-state index in [1.807, 2.05) is 0 Å². The van der Waals surface area contributed by atoms with Gasteiger partial charge in [0.25, 0.3) is 0 Å². The van der Waals surface area contributed by atoms with Crippen LogP contribution in [0.2, 0.25) is 0 Å². The van der Waals surface area contributed by atoms with Gasteiger partial charge < -0.3 is 15.4 Å². The number of nitrogens with one attached hydrogen (secondary N) is 2. The zero-order valence-corrected chi connectivity index (χ0v) is 11.2. The highest BCUT2D eigenvalue weighted by atomic mass is 16.5. The van der Waals surface area contributed by atoms with E-state index < -0.39 is 0 Å². The van der Waals surface area contributed by atoms with E-state index in [1.54, 1.807) is 0 Å². The molecule has 0 spiro atoms. The molecule has 2 rings (SSSR count). The molecule has 2 N–H and O–H groups in total. The maximum atomic E-state index is 11.7. The van der Waals surface area contributed by atoms with Crippen LogP contribution in [-0.2, 0) is 9.53 Å². The molecular formula is C14H26N2O2. The van der Waals surface area contributed by atoms with Gasteiger partial charge in [-0.3, -0.25) is 4.79 Å². The van der Waals surface area contributed by atoms with Crippen molar-refractivity contribution in [1.29, 1.82) is 0 Å². The van der Waals surface area contributed by atoms with Gasteiger partial charge >= 0.3 is 0 Å². The third-order valence-corrected chi connectivity index (χ3v) is 3.94. The normalized spacial score (nSPS) is 28.2. The van der Waals surface area contributed by atoms with Crippen molar-refractivity contribution in [1.82, 2.24) is 10.6 Å². The fourth-order valence-electron chi connectivity index (χ4n) is 2.80. The summed E-state index contributed by atoms with van der Waals surface area (Å²) in [5.41, 5.74) is 0. The Morgan fingerprint density at radius 3 is 2.89 bits per heavy atom.